The van der Waals surface area contributed by atoms with E-state index in [1.807, 2.05) is 30.3 Å². The first kappa shape index (κ1) is 22.9. The summed E-state index contributed by atoms with van der Waals surface area (Å²) in [5.74, 6) is -0.531. The number of amides is 1. The molecule has 0 saturated carbocycles. The Bertz CT molecular complexity index is 1570. The lowest BCUT2D eigenvalue weighted by Crippen LogP contribution is -2.16. The summed E-state index contributed by atoms with van der Waals surface area (Å²) in [5.41, 5.74) is 3.93. The lowest BCUT2D eigenvalue weighted by atomic mass is 9.86. The first-order valence-corrected chi connectivity index (χ1v) is 11.7. The molecule has 5 rings (SSSR count). The zero-order valence-electron chi connectivity index (χ0n) is 19.6. The van der Waals surface area contributed by atoms with Crippen molar-refractivity contribution in [3.8, 4) is 0 Å². The van der Waals surface area contributed by atoms with Gasteiger partial charge in [-0.25, -0.2) is 0 Å². The third-order valence-electron chi connectivity index (χ3n) is 6.04. The van der Waals surface area contributed by atoms with Crippen molar-refractivity contribution in [3.63, 3.8) is 0 Å². The third-order valence-corrected chi connectivity index (χ3v) is 6.30. The van der Waals surface area contributed by atoms with Crippen molar-refractivity contribution in [1.29, 1.82) is 0 Å². The van der Waals surface area contributed by atoms with Crippen molar-refractivity contribution < 1.29 is 18.4 Å². The molecule has 0 aliphatic rings. The van der Waals surface area contributed by atoms with Crippen LogP contribution in [-0.4, -0.2) is 11.7 Å². The van der Waals surface area contributed by atoms with Crippen LogP contribution in [0.4, 0.5) is 5.69 Å². The monoisotopic (exact) mass is 485 g/mol. The van der Waals surface area contributed by atoms with Gasteiger partial charge >= 0.3 is 0 Å². The Kier molecular flexibility index (Phi) is 5.73. The topological polar surface area (TPSA) is 72.5 Å². The predicted octanol–water partition coefficient (Wildman–Crippen LogP) is 7.54. The summed E-state index contributed by atoms with van der Waals surface area (Å²) in [6.45, 7) is 6.43. The molecular formula is C29H24ClNO4. The first-order chi connectivity index (χ1) is 16.7. The van der Waals surface area contributed by atoms with E-state index >= 15 is 0 Å². The quantitative estimate of drug-likeness (QED) is 0.261. The summed E-state index contributed by atoms with van der Waals surface area (Å²) in [5, 5.41) is 5.01. The molecule has 0 aliphatic heterocycles. The van der Waals surface area contributed by atoms with Crippen LogP contribution < -0.4 is 5.32 Å². The lowest BCUT2D eigenvalue weighted by Gasteiger charge is -2.18. The second-order valence-electron chi connectivity index (χ2n) is 9.59. The number of para-hydroxylation sites is 1. The molecule has 0 unspecified atom stereocenters. The van der Waals surface area contributed by atoms with E-state index in [0.29, 0.717) is 27.2 Å². The van der Waals surface area contributed by atoms with Crippen molar-refractivity contribution in [1.82, 2.24) is 0 Å². The summed E-state index contributed by atoms with van der Waals surface area (Å²) < 4.78 is 11.6. The van der Waals surface area contributed by atoms with Crippen LogP contribution in [0.5, 0.6) is 0 Å². The van der Waals surface area contributed by atoms with Crippen LogP contribution in [0.15, 0.2) is 81.8 Å². The first-order valence-electron chi connectivity index (χ1n) is 11.3. The molecule has 0 fully saturated rings. The maximum absolute atomic E-state index is 13.2. The fourth-order valence-electron chi connectivity index (χ4n) is 4.10. The summed E-state index contributed by atoms with van der Waals surface area (Å²) in [7, 11) is 0. The molecule has 2 aromatic heterocycles. The van der Waals surface area contributed by atoms with Gasteiger partial charge in [-0.3, -0.25) is 9.59 Å². The van der Waals surface area contributed by atoms with Crippen molar-refractivity contribution >= 4 is 50.9 Å². The Morgan fingerprint density at radius 2 is 1.66 bits per heavy atom. The highest BCUT2D eigenvalue weighted by atomic mass is 35.5. The second kappa shape index (κ2) is 8.75. The van der Waals surface area contributed by atoms with Gasteiger partial charge in [-0.05, 0) is 59.5 Å². The molecule has 1 amide bonds. The van der Waals surface area contributed by atoms with Crippen molar-refractivity contribution in [2.24, 2.45) is 0 Å². The number of nitrogens with one attached hydrogen (secondary N) is 1. The molecule has 1 N–H and O–H groups in total. The molecule has 6 heteroatoms. The minimum absolute atomic E-state index is 0.0301. The van der Waals surface area contributed by atoms with Gasteiger partial charge in [-0.2, -0.15) is 0 Å². The molecule has 5 nitrogen and oxygen atoms in total. The van der Waals surface area contributed by atoms with Crippen molar-refractivity contribution in [3.05, 3.63) is 100 Å². The van der Waals surface area contributed by atoms with Crippen molar-refractivity contribution in [2.45, 2.75) is 32.6 Å². The highest BCUT2D eigenvalue weighted by Gasteiger charge is 2.24. The smallest absolute Gasteiger partial charge is 0.230 e. The Morgan fingerprint density at radius 3 is 2.40 bits per heavy atom. The molecule has 5 aromatic rings. The van der Waals surface area contributed by atoms with E-state index in [-0.39, 0.29) is 29.3 Å². The highest BCUT2D eigenvalue weighted by Crippen LogP contribution is 2.34. The van der Waals surface area contributed by atoms with E-state index < -0.39 is 0 Å². The molecule has 176 valence electrons. The van der Waals surface area contributed by atoms with Crippen LogP contribution in [0.2, 0.25) is 5.02 Å². The Morgan fingerprint density at radius 1 is 0.914 bits per heavy atom. The molecule has 0 radical (unpaired) electrons. The number of benzene rings is 3. The van der Waals surface area contributed by atoms with E-state index in [2.05, 4.69) is 32.2 Å². The molecule has 0 saturated heterocycles. The highest BCUT2D eigenvalue weighted by molar-refractivity contribution is 6.30. The van der Waals surface area contributed by atoms with Crippen LogP contribution in [0.1, 0.15) is 48.0 Å². The van der Waals surface area contributed by atoms with Gasteiger partial charge in [0.2, 0.25) is 11.7 Å². The van der Waals surface area contributed by atoms with Gasteiger partial charge in [-0.1, -0.05) is 50.6 Å². The summed E-state index contributed by atoms with van der Waals surface area (Å²) in [6.07, 6.45) is 1.71. The van der Waals surface area contributed by atoms with Gasteiger partial charge in [0, 0.05) is 26.9 Å². The number of carbonyl (C=O) groups is 2. The van der Waals surface area contributed by atoms with Crippen LogP contribution in [0.25, 0.3) is 21.9 Å². The molecule has 0 bridgehead atoms. The van der Waals surface area contributed by atoms with Gasteiger partial charge in [0.15, 0.2) is 5.76 Å². The van der Waals surface area contributed by atoms with E-state index in [1.165, 1.54) is 0 Å². The number of halogens is 1. The van der Waals surface area contributed by atoms with Crippen molar-refractivity contribution in [2.75, 3.05) is 5.32 Å². The third kappa shape index (κ3) is 4.47. The molecule has 2 heterocycles. The van der Waals surface area contributed by atoms with Gasteiger partial charge in [-0.15, -0.1) is 0 Å². The van der Waals surface area contributed by atoms with Crippen LogP contribution in [-0.2, 0) is 16.6 Å². The number of furan rings is 2. The average Bonchev–Trinajstić information content (AvgIpc) is 3.40. The predicted molar refractivity (Wildman–Crippen MR) is 138 cm³/mol. The van der Waals surface area contributed by atoms with Crippen LogP contribution in [0.3, 0.4) is 0 Å². The Hall–Kier alpha value is -3.83. The minimum atomic E-state index is -0.336. The zero-order valence-corrected chi connectivity index (χ0v) is 20.4. The molecule has 3 aromatic carbocycles. The summed E-state index contributed by atoms with van der Waals surface area (Å²) >= 11 is 5.97. The number of hydrogen-bond acceptors (Lipinski definition) is 4. The van der Waals surface area contributed by atoms with Gasteiger partial charge in [0.1, 0.15) is 11.2 Å². The van der Waals surface area contributed by atoms with Crippen LogP contribution in [0, 0.1) is 0 Å². The zero-order chi connectivity index (χ0) is 24.7. The van der Waals surface area contributed by atoms with Gasteiger partial charge in [0.05, 0.1) is 18.4 Å². The number of ketones is 1. The van der Waals surface area contributed by atoms with E-state index in [1.54, 1.807) is 36.6 Å². The fourth-order valence-corrected chi connectivity index (χ4v) is 4.23. The molecular weight excluding hydrogens is 462 g/mol. The molecule has 0 aliphatic carbocycles. The maximum Gasteiger partial charge on any atom is 0.230 e. The SMILES string of the molecule is CC(C)(C)c1ccc2occ(CC(=O)Nc3c(C(=O)c4ccc(Cl)cc4)oc4ccccc34)c2c1. The lowest BCUT2D eigenvalue weighted by molar-refractivity contribution is -0.115. The minimum Gasteiger partial charge on any atom is -0.464 e. The van der Waals surface area contributed by atoms with E-state index in [0.717, 1.165) is 22.1 Å². The van der Waals surface area contributed by atoms with Gasteiger partial charge < -0.3 is 14.2 Å². The standard InChI is InChI=1S/C29H24ClNO4/c1-29(2,3)19-10-13-23-22(15-19)18(16-34-23)14-25(32)31-26-21-6-4-5-7-24(21)35-28(26)27(33)17-8-11-20(30)12-9-17/h4-13,15-16H,14H2,1-3H3,(H,31,32). The second-order valence-corrected chi connectivity index (χ2v) is 10.0. The Balaban J connectivity index is 1.48. The average molecular weight is 486 g/mol. The number of hydrogen-bond donors (Lipinski definition) is 1. The maximum atomic E-state index is 13.2. The summed E-state index contributed by atoms with van der Waals surface area (Å²) in [4.78, 5) is 26.4. The molecule has 0 atom stereocenters. The number of anilines is 1. The number of rotatable bonds is 5. The number of carbonyl (C=O) groups excluding carboxylic acids is 2. The van der Waals surface area contributed by atoms with E-state index in [4.69, 9.17) is 20.4 Å². The Labute approximate surface area is 207 Å². The van der Waals surface area contributed by atoms with Gasteiger partial charge in [0.25, 0.3) is 0 Å². The largest absolute Gasteiger partial charge is 0.464 e. The molecule has 0 spiro atoms. The summed E-state index contributed by atoms with van der Waals surface area (Å²) in [6, 6.07) is 19.8. The fraction of sp³-hybridized carbons (Fsp3) is 0.172. The number of fused-ring (bicyclic) bond motifs is 2. The normalized spacial score (nSPS) is 11.8. The molecule has 35 heavy (non-hydrogen) atoms. The van der Waals surface area contributed by atoms with Crippen LogP contribution >= 0.6 is 11.6 Å². The van der Waals surface area contributed by atoms with E-state index in [9.17, 15) is 9.59 Å².